The number of ether oxygens (including phenoxy) is 1. The van der Waals surface area contributed by atoms with E-state index < -0.39 is 16.8 Å². The predicted octanol–water partition coefficient (Wildman–Crippen LogP) is 3.83. The van der Waals surface area contributed by atoms with Gasteiger partial charge in [-0.05, 0) is 24.3 Å². The van der Waals surface area contributed by atoms with E-state index in [1.54, 1.807) is 18.2 Å². The molecule has 2 aromatic carbocycles. The molecule has 28 heavy (non-hydrogen) atoms. The van der Waals surface area contributed by atoms with Crippen molar-refractivity contribution in [2.75, 3.05) is 7.11 Å². The van der Waals surface area contributed by atoms with Gasteiger partial charge in [-0.3, -0.25) is 19.7 Å². The van der Waals surface area contributed by atoms with Crippen LogP contribution in [0.25, 0.3) is 10.2 Å². The number of nitro groups is 1. The second kappa shape index (κ2) is 8.09. The number of hydrogen-bond acceptors (Lipinski definition) is 6. The molecule has 0 unspecified atom stereocenters. The molecule has 1 aromatic heterocycles. The molecule has 0 fully saturated rings. The van der Waals surface area contributed by atoms with Gasteiger partial charge in [0.25, 0.3) is 11.6 Å². The average Bonchev–Trinajstić information content (AvgIpc) is 2.97. The molecular weight excluding hydrogens is 429 g/mol. The van der Waals surface area contributed by atoms with Gasteiger partial charge in [0.15, 0.2) is 4.80 Å². The number of carbonyl (C=O) groups is 2. The minimum Gasteiger partial charge on any atom is -0.468 e. The van der Waals surface area contributed by atoms with E-state index in [2.05, 4.69) is 4.99 Å². The van der Waals surface area contributed by atoms with Gasteiger partial charge in [0.2, 0.25) is 0 Å². The molecule has 0 saturated carbocycles. The van der Waals surface area contributed by atoms with Crippen LogP contribution in [0.4, 0.5) is 5.69 Å². The van der Waals surface area contributed by atoms with Crippen molar-refractivity contribution in [2.24, 2.45) is 4.99 Å². The number of carbonyl (C=O) groups excluding carboxylic acids is 2. The molecule has 0 N–H and O–H groups in total. The quantitative estimate of drug-likeness (QED) is 0.349. The van der Waals surface area contributed by atoms with Gasteiger partial charge in [-0.25, -0.2) is 0 Å². The van der Waals surface area contributed by atoms with Gasteiger partial charge in [-0.2, -0.15) is 4.99 Å². The van der Waals surface area contributed by atoms with Gasteiger partial charge in [-0.15, -0.1) is 0 Å². The van der Waals surface area contributed by atoms with Crippen molar-refractivity contribution in [3.8, 4) is 0 Å². The summed E-state index contributed by atoms with van der Waals surface area (Å²) in [4.78, 5) is 39.0. The fourth-order valence-electron chi connectivity index (χ4n) is 2.42. The number of non-ortho nitro benzene ring substituents is 1. The van der Waals surface area contributed by atoms with Crippen LogP contribution in [0.1, 0.15) is 10.4 Å². The lowest BCUT2D eigenvalue weighted by molar-refractivity contribution is -0.384. The minimum atomic E-state index is -0.773. The van der Waals surface area contributed by atoms with E-state index in [0.717, 1.165) is 17.4 Å². The lowest BCUT2D eigenvalue weighted by atomic mass is 10.2. The number of fused-ring (bicyclic) bond motifs is 1. The highest BCUT2D eigenvalue weighted by Crippen LogP contribution is 2.24. The summed E-state index contributed by atoms with van der Waals surface area (Å²) in [7, 11) is 1.25. The Hall–Kier alpha value is -2.75. The Morgan fingerprint density at radius 2 is 2.00 bits per heavy atom. The molecule has 0 aliphatic heterocycles. The van der Waals surface area contributed by atoms with Crippen molar-refractivity contribution in [1.82, 2.24) is 4.57 Å². The van der Waals surface area contributed by atoms with Gasteiger partial charge in [0.1, 0.15) is 6.54 Å². The largest absolute Gasteiger partial charge is 0.468 e. The maximum atomic E-state index is 12.6. The number of esters is 1. The zero-order valence-electron chi connectivity index (χ0n) is 14.2. The molecule has 11 heteroatoms. The summed E-state index contributed by atoms with van der Waals surface area (Å²) in [5, 5.41) is 11.5. The highest BCUT2D eigenvalue weighted by atomic mass is 35.5. The Balaban J connectivity index is 2.17. The van der Waals surface area contributed by atoms with Crippen molar-refractivity contribution >= 4 is 62.3 Å². The van der Waals surface area contributed by atoms with Crippen molar-refractivity contribution < 1.29 is 19.2 Å². The SMILES string of the molecule is COC(=O)Cn1c(=NC(=O)c2cc([N+](=O)[O-])ccc2Cl)sc2cc(Cl)ccc21. The fourth-order valence-corrected chi connectivity index (χ4v) is 3.92. The molecule has 1 heterocycles. The van der Waals surface area contributed by atoms with Crippen LogP contribution in [-0.4, -0.2) is 28.5 Å². The highest BCUT2D eigenvalue weighted by molar-refractivity contribution is 7.16. The van der Waals surface area contributed by atoms with E-state index in [9.17, 15) is 19.7 Å². The molecule has 144 valence electrons. The first-order valence-electron chi connectivity index (χ1n) is 7.69. The molecule has 0 bridgehead atoms. The van der Waals surface area contributed by atoms with E-state index in [4.69, 9.17) is 27.9 Å². The average molecular weight is 440 g/mol. The first-order valence-corrected chi connectivity index (χ1v) is 9.26. The second-order valence-corrected chi connectivity index (χ2v) is 7.35. The number of aromatic nitrogens is 1. The molecule has 0 radical (unpaired) electrons. The first kappa shape index (κ1) is 20.0. The van der Waals surface area contributed by atoms with E-state index in [0.29, 0.717) is 15.2 Å². The predicted molar refractivity (Wildman–Crippen MR) is 105 cm³/mol. The van der Waals surface area contributed by atoms with E-state index in [1.807, 2.05) is 0 Å². The molecule has 3 aromatic rings. The molecule has 8 nitrogen and oxygen atoms in total. The fraction of sp³-hybridized carbons (Fsp3) is 0.118. The minimum absolute atomic E-state index is 0.0306. The standard InChI is InChI=1S/C17H11Cl2N3O5S/c1-27-15(23)8-21-13-5-2-9(18)6-14(13)28-17(21)20-16(24)11-7-10(22(25)26)3-4-12(11)19/h2-7H,8H2,1H3. The van der Waals surface area contributed by atoms with E-state index in [1.165, 1.54) is 23.8 Å². The van der Waals surface area contributed by atoms with Gasteiger partial charge in [0.05, 0.1) is 32.8 Å². The van der Waals surface area contributed by atoms with E-state index in [-0.39, 0.29) is 27.6 Å². The number of nitrogens with zero attached hydrogens (tertiary/aromatic N) is 3. The van der Waals surface area contributed by atoms with E-state index >= 15 is 0 Å². The summed E-state index contributed by atoms with van der Waals surface area (Å²) in [5.74, 6) is -1.30. The summed E-state index contributed by atoms with van der Waals surface area (Å²) in [5.41, 5.74) is 0.237. The Morgan fingerprint density at radius 3 is 2.68 bits per heavy atom. The Labute approximate surface area is 171 Å². The Kier molecular flexibility index (Phi) is 5.78. The molecule has 1 amide bonds. The first-order chi connectivity index (χ1) is 13.3. The lowest BCUT2D eigenvalue weighted by Gasteiger charge is -2.04. The maximum Gasteiger partial charge on any atom is 0.325 e. The van der Waals surface area contributed by atoms with Crippen LogP contribution in [0.15, 0.2) is 41.4 Å². The second-order valence-electron chi connectivity index (χ2n) is 5.50. The van der Waals surface area contributed by atoms with Gasteiger partial charge >= 0.3 is 5.97 Å². The van der Waals surface area contributed by atoms with Crippen LogP contribution >= 0.6 is 34.5 Å². The number of amides is 1. The van der Waals surface area contributed by atoms with Crippen LogP contribution in [0, 0.1) is 10.1 Å². The zero-order chi connectivity index (χ0) is 20.4. The molecule has 0 saturated heterocycles. The lowest BCUT2D eigenvalue weighted by Crippen LogP contribution is -2.22. The third-order valence-electron chi connectivity index (χ3n) is 3.75. The third-order valence-corrected chi connectivity index (χ3v) is 5.35. The van der Waals surface area contributed by atoms with Crippen LogP contribution in [0.2, 0.25) is 10.0 Å². The van der Waals surface area contributed by atoms with Crippen molar-refractivity contribution in [1.29, 1.82) is 0 Å². The summed E-state index contributed by atoms with van der Waals surface area (Å²) < 4.78 is 6.91. The number of methoxy groups -OCH3 is 1. The topological polar surface area (TPSA) is 104 Å². The van der Waals surface area contributed by atoms with Crippen molar-refractivity contribution in [3.05, 3.63) is 66.9 Å². The summed E-state index contributed by atoms with van der Waals surface area (Å²) in [6.45, 7) is -0.174. The number of benzene rings is 2. The molecular formula is C17H11Cl2N3O5S. The van der Waals surface area contributed by atoms with Gasteiger partial charge < -0.3 is 9.30 Å². The molecule has 3 rings (SSSR count). The van der Waals surface area contributed by atoms with Crippen LogP contribution < -0.4 is 4.80 Å². The molecule has 0 aliphatic rings. The Bertz CT molecular complexity index is 1190. The number of halogens is 2. The van der Waals surface area contributed by atoms with Crippen molar-refractivity contribution in [2.45, 2.75) is 6.54 Å². The monoisotopic (exact) mass is 439 g/mol. The normalized spacial score (nSPS) is 11.6. The van der Waals surface area contributed by atoms with Crippen LogP contribution in [0.3, 0.4) is 0 Å². The zero-order valence-corrected chi connectivity index (χ0v) is 16.5. The van der Waals surface area contributed by atoms with Crippen LogP contribution in [0.5, 0.6) is 0 Å². The maximum absolute atomic E-state index is 12.6. The van der Waals surface area contributed by atoms with Crippen molar-refractivity contribution in [3.63, 3.8) is 0 Å². The van der Waals surface area contributed by atoms with Gasteiger partial charge in [0, 0.05) is 17.2 Å². The molecule has 0 atom stereocenters. The highest BCUT2D eigenvalue weighted by Gasteiger charge is 2.17. The number of nitro benzene ring substituents is 1. The number of hydrogen-bond donors (Lipinski definition) is 0. The molecule has 0 aliphatic carbocycles. The molecule has 0 spiro atoms. The summed E-state index contributed by atoms with van der Waals surface area (Å²) >= 11 is 13.2. The number of thiazole rings is 1. The number of rotatable bonds is 4. The third kappa shape index (κ3) is 4.06. The van der Waals surface area contributed by atoms with Crippen LogP contribution in [-0.2, 0) is 16.1 Å². The smallest absolute Gasteiger partial charge is 0.325 e. The summed E-state index contributed by atoms with van der Waals surface area (Å²) in [6.07, 6.45) is 0. The van der Waals surface area contributed by atoms with Gasteiger partial charge in [-0.1, -0.05) is 34.5 Å². The summed E-state index contributed by atoms with van der Waals surface area (Å²) in [6, 6.07) is 8.53. The Morgan fingerprint density at radius 1 is 1.25 bits per heavy atom.